The zero-order chi connectivity index (χ0) is 33.8. The molecule has 14 N–H and O–H groups in total. The van der Waals surface area contributed by atoms with Gasteiger partial charge in [0.05, 0.1) is 12.5 Å². The molecular formula is C30H39N9O7. The molecule has 0 aliphatic heterocycles. The number of carboxylic acid groups (broad SMARTS) is 1. The largest absolute Gasteiger partial charge is 0.508 e. The molecule has 0 spiro atoms. The molecule has 4 amide bonds. The van der Waals surface area contributed by atoms with Crippen molar-refractivity contribution < 1.29 is 34.2 Å². The summed E-state index contributed by atoms with van der Waals surface area (Å²) in [6.07, 6.45) is 1.24. The number of carboxylic acids is 1. The quantitative estimate of drug-likeness (QED) is 0.0462. The average molecular weight is 638 g/mol. The number of aromatic hydroxyl groups is 1. The number of nitrogens with one attached hydrogen (secondary N) is 4. The highest BCUT2D eigenvalue weighted by molar-refractivity contribution is 5.96. The van der Waals surface area contributed by atoms with Gasteiger partial charge in [0, 0.05) is 30.1 Å². The van der Waals surface area contributed by atoms with Crippen LogP contribution in [0.15, 0.2) is 59.7 Å². The topological polar surface area (TPSA) is 294 Å². The molecule has 0 saturated heterocycles. The van der Waals surface area contributed by atoms with Gasteiger partial charge in [-0.1, -0.05) is 30.3 Å². The molecule has 246 valence electrons. The zero-order valence-corrected chi connectivity index (χ0v) is 24.9. The number of primary amides is 1. The van der Waals surface area contributed by atoms with E-state index in [0.29, 0.717) is 11.1 Å². The van der Waals surface area contributed by atoms with Crippen molar-refractivity contribution in [1.29, 1.82) is 0 Å². The Morgan fingerprint density at radius 1 is 0.826 bits per heavy atom. The second-order valence-electron chi connectivity index (χ2n) is 10.7. The third-order valence-corrected chi connectivity index (χ3v) is 7.06. The molecular weight excluding hydrogens is 598 g/mol. The van der Waals surface area contributed by atoms with Crippen LogP contribution in [0, 0.1) is 0 Å². The highest BCUT2D eigenvalue weighted by Crippen LogP contribution is 2.19. The van der Waals surface area contributed by atoms with E-state index in [2.05, 4.69) is 25.9 Å². The maximum Gasteiger partial charge on any atom is 0.326 e. The zero-order valence-electron chi connectivity index (χ0n) is 24.9. The molecule has 1 aromatic heterocycles. The summed E-state index contributed by atoms with van der Waals surface area (Å²) in [5.74, 6) is -4.89. The van der Waals surface area contributed by atoms with Gasteiger partial charge < -0.3 is 54.1 Å². The van der Waals surface area contributed by atoms with Crippen LogP contribution in [0.3, 0.4) is 0 Å². The van der Waals surface area contributed by atoms with E-state index in [-0.39, 0.29) is 43.9 Å². The van der Waals surface area contributed by atoms with E-state index in [4.69, 9.17) is 22.9 Å². The van der Waals surface area contributed by atoms with Crippen molar-refractivity contribution in [2.45, 2.75) is 56.3 Å². The summed E-state index contributed by atoms with van der Waals surface area (Å²) >= 11 is 0. The van der Waals surface area contributed by atoms with Crippen molar-refractivity contribution in [2.75, 3.05) is 6.54 Å². The Labute approximate surface area is 264 Å². The highest BCUT2D eigenvalue weighted by Gasteiger charge is 2.31. The molecule has 0 saturated carbocycles. The van der Waals surface area contributed by atoms with Crippen molar-refractivity contribution in [3.05, 3.63) is 65.9 Å². The summed E-state index contributed by atoms with van der Waals surface area (Å²) in [4.78, 5) is 70.5. The van der Waals surface area contributed by atoms with Crippen LogP contribution in [0.25, 0.3) is 10.9 Å². The second-order valence-corrected chi connectivity index (χ2v) is 10.7. The molecule has 3 rings (SSSR count). The molecule has 4 unspecified atom stereocenters. The van der Waals surface area contributed by atoms with Crippen molar-refractivity contribution in [2.24, 2.45) is 27.9 Å². The van der Waals surface area contributed by atoms with Gasteiger partial charge in [-0.25, -0.2) is 4.79 Å². The van der Waals surface area contributed by atoms with Gasteiger partial charge in [-0.05, 0) is 48.6 Å². The molecule has 0 aliphatic rings. The number of carbonyl (C=O) groups excluding carboxylic acids is 4. The van der Waals surface area contributed by atoms with Crippen molar-refractivity contribution in [1.82, 2.24) is 20.9 Å². The van der Waals surface area contributed by atoms with Crippen LogP contribution in [0.2, 0.25) is 0 Å². The third-order valence-electron chi connectivity index (χ3n) is 7.06. The van der Waals surface area contributed by atoms with Gasteiger partial charge in [0.25, 0.3) is 0 Å². The van der Waals surface area contributed by atoms with Crippen molar-refractivity contribution in [3.8, 4) is 5.75 Å². The first-order valence-electron chi connectivity index (χ1n) is 14.4. The second kappa shape index (κ2) is 16.4. The van der Waals surface area contributed by atoms with E-state index in [0.717, 1.165) is 10.9 Å². The molecule has 1 heterocycles. The number of nitrogens with two attached hydrogens (primary N) is 4. The van der Waals surface area contributed by atoms with Crippen molar-refractivity contribution in [3.63, 3.8) is 0 Å². The molecule has 46 heavy (non-hydrogen) atoms. The number of hydrogen-bond acceptors (Lipinski definition) is 8. The van der Waals surface area contributed by atoms with E-state index in [1.165, 1.54) is 12.1 Å². The molecule has 0 bridgehead atoms. The van der Waals surface area contributed by atoms with Crippen LogP contribution in [-0.4, -0.2) is 81.5 Å². The predicted octanol–water partition coefficient (Wildman–Crippen LogP) is -1.55. The Kier molecular flexibility index (Phi) is 12.5. The number of phenols is 1. The maximum atomic E-state index is 13.4. The normalized spacial score (nSPS) is 13.5. The SMILES string of the molecule is NC(=O)CC(NC(=O)C(CCCN=C(N)N)NC(=O)C(N)Cc1ccc(O)cc1)C(=O)NC(Cc1c[nH]c2ccccc12)C(=O)O. The molecule has 0 aliphatic carbocycles. The van der Waals surface area contributed by atoms with E-state index in [9.17, 15) is 34.2 Å². The monoisotopic (exact) mass is 637 g/mol. The molecule has 16 nitrogen and oxygen atoms in total. The summed E-state index contributed by atoms with van der Waals surface area (Å²) in [5.41, 5.74) is 24.2. The van der Waals surface area contributed by atoms with Crippen LogP contribution in [0.1, 0.15) is 30.4 Å². The lowest BCUT2D eigenvalue weighted by Gasteiger charge is -2.25. The van der Waals surface area contributed by atoms with E-state index in [1.807, 2.05) is 12.1 Å². The van der Waals surface area contributed by atoms with Gasteiger partial charge >= 0.3 is 5.97 Å². The summed E-state index contributed by atoms with van der Waals surface area (Å²) in [6.45, 7) is 0.126. The number of hydrogen-bond donors (Lipinski definition) is 10. The minimum Gasteiger partial charge on any atom is -0.508 e. The Balaban J connectivity index is 1.74. The lowest BCUT2D eigenvalue weighted by Crippen LogP contribution is -2.58. The van der Waals surface area contributed by atoms with E-state index in [1.54, 1.807) is 30.5 Å². The molecule has 3 aromatic rings. The number of rotatable bonds is 17. The highest BCUT2D eigenvalue weighted by atomic mass is 16.4. The fraction of sp³-hybridized carbons (Fsp3) is 0.333. The van der Waals surface area contributed by atoms with Crippen LogP contribution >= 0.6 is 0 Å². The number of aliphatic carboxylic acids is 1. The van der Waals surface area contributed by atoms with Gasteiger partial charge in [0.15, 0.2) is 5.96 Å². The average Bonchev–Trinajstić information content (AvgIpc) is 3.41. The van der Waals surface area contributed by atoms with Crippen LogP contribution in [0.4, 0.5) is 0 Å². The third kappa shape index (κ3) is 10.5. The molecule has 2 aromatic carbocycles. The van der Waals surface area contributed by atoms with E-state index < -0.39 is 60.2 Å². The smallest absolute Gasteiger partial charge is 0.326 e. The van der Waals surface area contributed by atoms with Gasteiger partial charge in [0.1, 0.15) is 23.9 Å². The van der Waals surface area contributed by atoms with Gasteiger partial charge in [-0.3, -0.25) is 24.2 Å². The summed E-state index contributed by atoms with van der Waals surface area (Å²) in [7, 11) is 0. The Bertz CT molecular complexity index is 1570. The number of aromatic nitrogens is 1. The summed E-state index contributed by atoms with van der Waals surface area (Å²) in [6, 6.07) is 8.02. The van der Waals surface area contributed by atoms with Crippen LogP contribution < -0.4 is 38.9 Å². The molecule has 0 radical (unpaired) electrons. The lowest BCUT2D eigenvalue weighted by atomic mass is 10.0. The van der Waals surface area contributed by atoms with Gasteiger partial charge in [-0.2, -0.15) is 0 Å². The van der Waals surface area contributed by atoms with Crippen LogP contribution in [-0.2, 0) is 36.8 Å². The standard InChI is InChI=1S/C30H39N9O7/c31-20(12-16-7-9-18(40)10-8-16)26(42)37-22(6-3-11-35-30(33)34)27(43)38-23(14-25(32)41)28(44)39-24(29(45)46)13-17-15-36-21-5-2-1-4-19(17)21/h1-2,4-5,7-10,15,20,22-24,36,40H,3,6,11-14,31H2,(H2,32,41)(H,37,42)(H,38,43)(H,39,44)(H,45,46)(H4,33,34,35). The minimum absolute atomic E-state index is 0.0174. The Hall–Kier alpha value is -5.64. The van der Waals surface area contributed by atoms with Crippen LogP contribution in [0.5, 0.6) is 5.75 Å². The van der Waals surface area contributed by atoms with E-state index >= 15 is 0 Å². The number of amides is 4. The Morgan fingerprint density at radius 2 is 1.46 bits per heavy atom. The number of H-pyrrole nitrogens is 1. The van der Waals surface area contributed by atoms with Crippen molar-refractivity contribution >= 4 is 46.5 Å². The summed E-state index contributed by atoms with van der Waals surface area (Å²) in [5, 5.41) is 27.5. The van der Waals surface area contributed by atoms with Gasteiger partial charge in [-0.15, -0.1) is 0 Å². The fourth-order valence-electron chi connectivity index (χ4n) is 4.71. The molecule has 16 heteroatoms. The lowest BCUT2D eigenvalue weighted by molar-refractivity contribution is -0.142. The molecule has 4 atom stereocenters. The number of carbonyl (C=O) groups is 5. The number of para-hydroxylation sites is 1. The first-order valence-corrected chi connectivity index (χ1v) is 14.4. The molecule has 0 fully saturated rings. The number of benzene rings is 2. The first kappa shape index (κ1) is 34.8. The predicted molar refractivity (Wildman–Crippen MR) is 169 cm³/mol. The minimum atomic E-state index is -1.56. The Morgan fingerprint density at radius 3 is 2.11 bits per heavy atom. The number of phenolic OH excluding ortho intramolecular Hbond substituents is 1. The fourth-order valence-corrected chi connectivity index (χ4v) is 4.71. The number of aliphatic imine (C=N–C) groups is 1. The maximum absolute atomic E-state index is 13.4. The first-order chi connectivity index (χ1) is 21.8. The number of aromatic amines is 1. The number of guanidine groups is 1. The summed E-state index contributed by atoms with van der Waals surface area (Å²) < 4.78 is 0. The number of nitrogens with zero attached hydrogens (tertiary/aromatic N) is 1. The van der Waals surface area contributed by atoms with Gasteiger partial charge in [0.2, 0.25) is 23.6 Å². The number of fused-ring (bicyclic) bond motifs is 1.